The summed E-state index contributed by atoms with van der Waals surface area (Å²) in [7, 11) is -3.31. The fourth-order valence-electron chi connectivity index (χ4n) is 2.77. The molecule has 0 spiro atoms. The number of sulfonamides is 1. The summed E-state index contributed by atoms with van der Waals surface area (Å²) >= 11 is 0. The predicted molar refractivity (Wildman–Crippen MR) is 94.4 cm³/mol. The van der Waals surface area contributed by atoms with Crippen LogP contribution in [0.25, 0.3) is 0 Å². The fourth-order valence-corrected chi connectivity index (χ4v) is 4.40. The molecule has 1 aliphatic heterocycles. The summed E-state index contributed by atoms with van der Waals surface area (Å²) in [6, 6.07) is 12.5. The first-order valence-corrected chi connectivity index (χ1v) is 9.70. The van der Waals surface area contributed by atoms with E-state index >= 15 is 0 Å². The highest BCUT2D eigenvalue weighted by molar-refractivity contribution is 7.92. The number of carbonyl (C=O) groups excluding carboxylic acids is 1. The number of carbonyl (C=O) groups is 1. The number of nitrogens with zero attached hydrogens (tertiary/aromatic N) is 1. The van der Waals surface area contributed by atoms with Crippen molar-refractivity contribution >= 4 is 21.6 Å². The van der Waals surface area contributed by atoms with E-state index in [1.54, 1.807) is 36.4 Å². The van der Waals surface area contributed by atoms with Gasteiger partial charge in [-0.15, -0.1) is 0 Å². The second-order valence-electron chi connectivity index (χ2n) is 5.95. The molecular formula is C18H19FN2O3S. The number of hydrogen-bond donors (Lipinski definition) is 1. The van der Waals surface area contributed by atoms with Gasteiger partial charge >= 0.3 is 0 Å². The third-order valence-electron chi connectivity index (χ3n) is 4.11. The molecule has 3 rings (SSSR count). The van der Waals surface area contributed by atoms with E-state index in [9.17, 15) is 17.6 Å². The van der Waals surface area contributed by atoms with Crippen LogP contribution < -0.4 is 9.62 Å². The van der Waals surface area contributed by atoms with Crippen LogP contribution in [0, 0.1) is 5.82 Å². The Balaban J connectivity index is 1.72. The molecule has 0 atom stereocenters. The van der Waals surface area contributed by atoms with Gasteiger partial charge in [-0.05, 0) is 48.7 Å². The molecule has 2 aromatic carbocycles. The Bertz CT molecular complexity index is 866. The molecule has 0 radical (unpaired) electrons. The van der Waals surface area contributed by atoms with Crippen LogP contribution in [-0.4, -0.2) is 26.6 Å². The van der Waals surface area contributed by atoms with Crippen molar-refractivity contribution in [1.29, 1.82) is 0 Å². The minimum atomic E-state index is -3.31. The van der Waals surface area contributed by atoms with E-state index in [0.29, 0.717) is 24.2 Å². The van der Waals surface area contributed by atoms with Crippen molar-refractivity contribution in [2.24, 2.45) is 0 Å². The van der Waals surface area contributed by atoms with E-state index in [-0.39, 0.29) is 24.0 Å². The maximum Gasteiger partial charge on any atom is 0.251 e. The van der Waals surface area contributed by atoms with Gasteiger partial charge in [-0.25, -0.2) is 12.8 Å². The number of hydrogen-bond acceptors (Lipinski definition) is 3. The highest BCUT2D eigenvalue weighted by Crippen LogP contribution is 2.24. The standard InChI is InChI=1S/C18H19FN2O3S/c19-16-8-6-14(7-9-16)13-20-18(22)15-4-3-5-17(12-15)21-10-1-2-11-25(21,23)24/h3-9,12H,1-2,10-11,13H2,(H,20,22). The summed E-state index contributed by atoms with van der Waals surface area (Å²) in [4.78, 5) is 12.3. The molecule has 132 valence electrons. The minimum Gasteiger partial charge on any atom is -0.348 e. The molecule has 25 heavy (non-hydrogen) atoms. The first-order chi connectivity index (χ1) is 12.0. The van der Waals surface area contributed by atoms with Crippen LogP contribution in [0.1, 0.15) is 28.8 Å². The second kappa shape index (κ2) is 7.23. The van der Waals surface area contributed by atoms with Crippen molar-refractivity contribution in [1.82, 2.24) is 5.32 Å². The molecule has 1 heterocycles. The van der Waals surface area contributed by atoms with E-state index < -0.39 is 10.0 Å². The average Bonchev–Trinajstić information content (AvgIpc) is 2.61. The van der Waals surface area contributed by atoms with Crippen LogP contribution in [0.5, 0.6) is 0 Å². The first kappa shape index (κ1) is 17.4. The molecule has 1 amide bonds. The third-order valence-corrected chi connectivity index (χ3v) is 5.98. The molecule has 0 aliphatic carbocycles. The lowest BCUT2D eigenvalue weighted by Crippen LogP contribution is -2.38. The zero-order chi connectivity index (χ0) is 17.9. The van der Waals surface area contributed by atoms with Crippen LogP contribution in [0.2, 0.25) is 0 Å². The maximum atomic E-state index is 12.9. The van der Waals surface area contributed by atoms with E-state index in [1.807, 2.05) is 0 Å². The second-order valence-corrected chi connectivity index (χ2v) is 7.97. The van der Waals surface area contributed by atoms with Gasteiger partial charge in [-0.2, -0.15) is 0 Å². The number of benzene rings is 2. The molecule has 5 nitrogen and oxygen atoms in total. The van der Waals surface area contributed by atoms with Crippen LogP contribution in [0.4, 0.5) is 10.1 Å². The molecule has 2 aromatic rings. The number of anilines is 1. The van der Waals surface area contributed by atoms with E-state index in [2.05, 4.69) is 5.32 Å². The molecule has 1 N–H and O–H groups in total. The van der Waals surface area contributed by atoms with Gasteiger partial charge < -0.3 is 5.32 Å². The van der Waals surface area contributed by atoms with Crippen LogP contribution in [-0.2, 0) is 16.6 Å². The van der Waals surface area contributed by atoms with E-state index in [0.717, 1.165) is 12.0 Å². The summed E-state index contributed by atoms with van der Waals surface area (Å²) in [6.45, 7) is 0.703. The molecule has 7 heteroatoms. The normalized spacial score (nSPS) is 16.4. The third kappa shape index (κ3) is 4.17. The molecular weight excluding hydrogens is 343 g/mol. The van der Waals surface area contributed by atoms with Crippen molar-refractivity contribution in [3.63, 3.8) is 0 Å². The quantitative estimate of drug-likeness (QED) is 0.909. The summed E-state index contributed by atoms with van der Waals surface area (Å²) in [5, 5.41) is 2.76. The van der Waals surface area contributed by atoms with Gasteiger partial charge in [0.15, 0.2) is 0 Å². The molecule has 1 saturated heterocycles. The van der Waals surface area contributed by atoms with Gasteiger partial charge in [-0.1, -0.05) is 18.2 Å². The van der Waals surface area contributed by atoms with Crippen molar-refractivity contribution in [3.8, 4) is 0 Å². The Morgan fingerprint density at radius 1 is 1.12 bits per heavy atom. The number of amides is 1. The molecule has 1 aliphatic rings. The molecule has 0 aromatic heterocycles. The lowest BCUT2D eigenvalue weighted by Gasteiger charge is -2.28. The first-order valence-electron chi connectivity index (χ1n) is 8.09. The molecule has 0 bridgehead atoms. The average molecular weight is 362 g/mol. The number of nitrogens with one attached hydrogen (secondary N) is 1. The molecule has 1 fully saturated rings. The van der Waals surface area contributed by atoms with Crippen LogP contribution >= 0.6 is 0 Å². The van der Waals surface area contributed by atoms with Gasteiger partial charge in [0, 0.05) is 18.7 Å². The van der Waals surface area contributed by atoms with Crippen molar-refractivity contribution in [3.05, 3.63) is 65.5 Å². The van der Waals surface area contributed by atoms with Gasteiger partial charge in [0.1, 0.15) is 5.82 Å². The summed E-state index contributed by atoms with van der Waals surface area (Å²) in [5.74, 6) is -0.500. The number of halogens is 1. The predicted octanol–water partition coefficient (Wildman–Crippen LogP) is 2.69. The van der Waals surface area contributed by atoms with Crippen molar-refractivity contribution in [2.45, 2.75) is 19.4 Å². The Morgan fingerprint density at radius 3 is 2.60 bits per heavy atom. The molecule has 0 saturated carbocycles. The zero-order valence-corrected chi connectivity index (χ0v) is 14.4. The zero-order valence-electron chi connectivity index (χ0n) is 13.6. The van der Waals surface area contributed by atoms with Crippen molar-refractivity contribution in [2.75, 3.05) is 16.6 Å². The SMILES string of the molecule is O=C(NCc1ccc(F)cc1)c1cccc(N2CCCCS2(=O)=O)c1. The van der Waals surface area contributed by atoms with Gasteiger partial charge in [0.25, 0.3) is 5.91 Å². The van der Waals surface area contributed by atoms with E-state index in [4.69, 9.17) is 0 Å². The Labute approximate surface area is 146 Å². The highest BCUT2D eigenvalue weighted by atomic mass is 32.2. The van der Waals surface area contributed by atoms with E-state index in [1.165, 1.54) is 16.4 Å². The summed E-state index contributed by atoms with van der Waals surface area (Å²) in [5.41, 5.74) is 1.68. The minimum absolute atomic E-state index is 0.133. The van der Waals surface area contributed by atoms with Gasteiger partial charge in [-0.3, -0.25) is 9.10 Å². The fraction of sp³-hybridized carbons (Fsp3) is 0.278. The molecule has 0 unspecified atom stereocenters. The maximum absolute atomic E-state index is 12.9. The Hall–Kier alpha value is -2.41. The summed E-state index contributed by atoms with van der Waals surface area (Å²) < 4.78 is 38.7. The lowest BCUT2D eigenvalue weighted by atomic mass is 10.1. The van der Waals surface area contributed by atoms with Gasteiger partial charge in [0.05, 0.1) is 11.4 Å². The summed E-state index contributed by atoms with van der Waals surface area (Å²) in [6.07, 6.45) is 1.47. The monoisotopic (exact) mass is 362 g/mol. The smallest absolute Gasteiger partial charge is 0.251 e. The number of rotatable bonds is 4. The topological polar surface area (TPSA) is 66.5 Å². The Kier molecular flexibility index (Phi) is 5.03. The van der Waals surface area contributed by atoms with Crippen molar-refractivity contribution < 1.29 is 17.6 Å². The van der Waals surface area contributed by atoms with Crippen LogP contribution in [0.15, 0.2) is 48.5 Å². The largest absolute Gasteiger partial charge is 0.348 e. The Morgan fingerprint density at radius 2 is 1.88 bits per heavy atom. The van der Waals surface area contributed by atoms with Gasteiger partial charge in [0.2, 0.25) is 10.0 Å². The van der Waals surface area contributed by atoms with Crippen LogP contribution in [0.3, 0.4) is 0 Å². The lowest BCUT2D eigenvalue weighted by molar-refractivity contribution is 0.0951. The highest BCUT2D eigenvalue weighted by Gasteiger charge is 2.26.